The first-order valence-corrected chi connectivity index (χ1v) is 9.36. The molecule has 23 heavy (non-hydrogen) atoms. The second-order valence-electron chi connectivity index (χ2n) is 6.13. The van der Waals surface area contributed by atoms with E-state index in [0.29, 0.717) is 31.6 Å². The Labute approximate surface area is 136 Å². The van der Waals surface area contributed by atoms with Crippen LogP contribution in [0, 0.1) is 19.8 Å². The number of hydrogen-bond donors (Lipinski definition) is 1. The van der Waals surface area contributed by atoms with Crippen molar-refractivity contribution >= 4 is 15.9 Å². The number of carbonyl (C=O) groups excluding carboxylic acids is 1. The number of sulfonamides is 1. The van der Waals surface area contributed by atoms with Crippen molar-refractivity contribution in [2.75, 3.05) is 18.8 Å². The Balaban J connectivity index is 2.27. The van der Waals surface area contributed by atoms with Gasteiger partial charge in [0.1, 0.15) is 5.56 Å². The molecule has 0 bridgehead atoms. The molecule has 128 valence electrons. The molecule has 8 heteroatoms. The third-order valence-corrected chi connectivity index (χ3v) is 5.21. The summed E-state index contributed by atoms with van der Waals surface area (Å²) in [5.41, 5.74) is 1.36. The molecule has 0 radical (unpaired) electrons. The van der Waals surface area contributed by atoms with Crippen LogP contribution in [-0.4, -0.2) is 42.6 Å². The van der Waals surface area contributed by atoms with Gasteiger partial charge in [-0.15, -0.1) is 0 Å². The minimum Gasteiger partial charge on any atom is -0.338 e. The fourth-order valence-electron chi connectivity index (χ4n) is 3.22. The maximum atomic E-state index is 12.7. The van der Waals surface area contributed by atoms with Crippen molar-refractivity contribution < 1.29 is 13.2 Å². The summed E-state index contributed by atoms with van der Waals surface area (Å²) in [5, 5.41) is 5.07. The molecule has 7 nitrogen and oxygen atoms in total. The van der Waals surface area contributed by atoms with Crippen molar-refractivity contribution in [2.45, 2.75) is 33.7 Å². The van der Waals surface area contributed by atoms with Crippen molar-refractivity contribution in [1.29, 1.82) is 0 Å². The molecule has 0 saturated carbocycles. The zero-order chi connectivity index (χ0) is 17.4. The van der Waals surface area contributed by atoms with Crippen molar-refractivity contribution in [1.82, 2.24) is 9.47 Å². The van der Waals surface area contributed by atoms with Crippen LogP contribution < -0.4 is 10.7 Å². The Bertz CT molecular complexity index is 783. The van der Waals surface area contributed by atoms with Gasteiger partial charge in [-0.2, -0.15) is 0 Å². The van der Waals surface area contributed by atoms with E-state index in [1.807, 2.05) is 19.9 Å². The lowest BCUT2D eigenvalue weighted by molar-refractivity contribution is 0.0785. The Hall–Kier alpha value is -1.67. The summed E-state index contributed by atoms with van der Waals surface area (Å²) in [6, 6.07) is 1.83. The van der Waals surface area contributed by atoms with Crippen molar-refractivity contribution in [3.05, 3.63) is 33.2 Å². The number of primary sulfonamides is 1. The third-order valence-electron chi connectivity index (χ3n) is 4.28. The Morgan fingerprint density at radius 3 is 2.61 bits per heavy atom. The maximum Gasteiger partial charge on any atom is 0.263 e. The van der Waals surface area contributed by atoms with Crippen LogP contribution in [0.1, 0.15) is 35.0 Å². The van der Waals surface area contributed by atoms with E-state index in [2.05, 4.69) is 0 Å². The van der Waals surface area contributed by atoms with Gasteiger partial charge in [0, 0.05) is 25.3 Å². The minimum absolute atomic E-state index is 0.136. The van der Waals surface area contributed by atoms with E-state index in [1.54, 1.807) is 16.4 Å². The highest BCUT2D eigenvalue weighted by Gasteiger charge is 2.31. The molecule has 1 aliphatic rings. The predicted octanol–water partition coefficient (Wildman–Crippen LogP) is 0.236. The molecule has 1 amide bonds. The number of rotatable bonds is 4. The van der Waals surface area contributed by atoms with E-state index < -0.39 is 10.0 Å². The van der Waals surface area contributed by atoms with E-state index in [4.69, 9.17) is 5.14 Å². The number of likely N-dealkylation sites (tertiary alicyclic amines) is 1. The summed E-state index contributed by atoms with van der Waals surface area (Å²) in [7, 11) is -3.56. The SMILES string of the molecule is CCn1c(C)cc(C)c(C(=O)N2CC[C@H](CS(N)(=O)=O)C2)c1=O. The normalized spacial score (nSPS) is 18.4. The molecule has 1 aliphatic heterocycles. The standard InChI is InChI=1S/C15H23N3O4S/c1-4-18-11(3)7-10(2)13(15(18)20)14(19)17-6-5-12(8-17)9-23(16,21)22/h7,12H,4-6,8-9H2,1-3H3,(H2,16,21,22)/t12-/m0/s1. The summed E-state index contributed by atoms with van der Waals surface area (Å²) in [6.45, 7) is 6.70. The number of nitrogens with zero attached hydrogens (tertiary/aromatic N) is 2. The van der Waals surface area contributed by atoms with Crippen molar-refractivity contribution in [3.8, 4) is 0 Å². The fraction of sp³-hybridized carbons (Fsp3) is 0.600. The molecule has 1 saturated heterocycles. The number of carbonyl (C=O) groups is 1. The summed E-state index contributed by atoms with van der Waals surface area (Å²) in [5.74, 6) is -0.636. The molecular formula is C15H23N3O4S. The quantitative estimate of drug-likeness (QED) is 0.847. The molecule has 2 heterocycles. The molecule has 1 aromatic heterocycles. The van der Waals surface area contributed by atoms with Crippen molar-refractivity contribution in [2.24, 2.45) is 11.1 Å². The van der Waals surface area contributed by atoms with E-state index in [0.717, 1.165) is 5.69 Å². The lowest BCUT2D eigenvalue weighted by atomic mass is 10.1. The van der Waals surface area contributed by atoms with Gasteiger partial charge in [-0.1, -0.05) is 0 Å². The molecule has 0 spiro atoms. The van der Waals surface area contributed by atoms with E-state index >= 15 is 0 Å². The molecule has 1 aromatic rings. The lowest BCUT2D eigenvalue weighted by Gasteiger charge is -2.19. The van der Waals surface area contributed by atoms with Gasteiger partial charge in [-0.05, 0) is 44.7 Å². The summed E-state index contributed by atoms with van der Waals surface area (Å²) in [6.07, 6.45) is 0.578. The molecular weight excluding hydrogens is 318 g/mol. The average Bonchev–Trinajstić information content (AvgIpc) is 2.84. The van der Waals surface area contributed by atoms with Gasteiger partial charge in [-0.25, -0.2) is 13.6 Å². The molecule has 0 aromatic carbocycles. The van der Waals surface area contributed by atoms with Gasteiger partial charge in [0.15, 0.2) is 0 Å². The Morgan fingerprint density at radius 2 is 2.04 bits per heavy atom. The lowest BCUT2D eigenvalue weighted by Crippen LogP contribution is -2.37. The fourth-order valence-corrected chi connectivity index (χ4v) is 4.15. The summed E-state index contributed by atoms with van der Waals surface area (Å²) >= 11 is 0. The van der Waals surface area contributed by atoms with Crippen LogP contribution in [0.4, 0.5) is 0 Å². The highest BCUT2D eigenvalue weighted by molar-refractivity contribution is 7.89. The predicted molar refractivity (Wildman–Crippen MR) is 87.8 cm³/mol. The average molecular weight is 341 g/mol. The zero-order valence-corrected chi connectivity index (χ0v) is 14.5. The van der Waals surface area contributed by atoms with Crippen molar-refractivity contribution in [3.63, 3.8) is 0 Å². The topological polar surface area (TPSA) is 102 Å². The van der Waals surface area contributed by atoms with Gasteiger partial charge in [0.05, 0.1) is 5.75 Å². The van der Waals surface area contributed by atoms with Crippen LogP contribution in [0.5, 0.6) is 0 Å². The van der Waals surface area contributed by atoms with E-state index in [9.17, 15) is 18.0 Å². The molecule has 1 fully saturated rings. The highest BCUT2D eigenvalue weighted by atomic mass is 32.2. The highest BCUT2D eigenvalue weighted by Crippen LogP contribution is 2.20. The zero-order valence-electron chi connectivity index (χ0n) is 13.7. The van der Waals surface area contributed by atoms with E-state index in [1.165, 1.54) is 0 Å². The van der Waals surface area contributed by atoms with Gasteiger partial charge in [0.25, 0.3) is 11.5 Å². The van der Waals surface area contributed by atoms with Crippen LogP contribution in [0.25, 0.3) is 0 Å². The first kappa shape index (κ1) is 17.7. The number of amides is 1. The first-order valence-electron chi connectivity index (χ1n) is 7.64. The molecule has 0 aliphatic carbocycles. The van der Waals surface area contributed by atoms with Crippen LogP contribution in [0.3, 0.4) is 0 Å². The number of aryl methyl sites for hydroxylation is 2. The minimum atomic E-state index is -3.56. The summed E-state index contributed by atoms with van der Waals surface area (Å²) < 4.78 is 23.9. The van der Waals surface area contributed by atoms with Crippen LogP contribution in [0.15, 0.2) is 10.9 Å². The second-order valence-corrected chi connectivity index (χ2v) is 7.79. The van der Waals surface area contributed by atoms with Crippen LogP contribution in [0.2, 0.25) is 0 Å². The van der Waals surface area contributed by atoms with Gasteiger partial charge >= 0.3 is 0 Å². The van der Waals surface area contributed by atoms with Crippen LogP contribution in [-0.2, 0) is 16.6 Å². The van der Waals surface area contributed by atoms with Gasteiger partial charge in [0.2, 0.25) is 10.0 Å². The molecule has 2 N–H and O–H groups in total. The van der Waals surface area contributed by atoms with Gasteiger partial charge in [-0.3, -0.25) is 9.59 Å². The van der Waals surface area contributed by atoms with Crippen LogP contribution >= 0.6 is 0 Å². The smallest absolute Gasteiger partial charge is 0.263 e. The number of aromatic nitrogens is 1. The molecule has 1 atom stereocenters. The largest absolute Gasteiger partial charge is 0.338 e. The Kier molecular flexibility index (Phi) is 4.95. The monoisotopic (exact) mass is 341 g/mol. The maximum absolute atomic E-state index is 12.7. The summed E-state index contributed by atoms with van der Waals surface area (Å²) in [4.78, 5) is 26.8. The third kappa shape index (κ3) is 3.81. The second kappa shape index (κ2) is 6.45. The molecule has 0 unspecified atom stereocenters. The van der Waals surface area contributed by atoms with E-state index in [-0.39, 0.29) is 28.7 Å². The number of nitrogens with two attached hydrogens (primary N) is 1. The van der Waals surface area contributed by atoms with Gasteiger partial charge < -0.3 is 9.47 Å². The first-order chi connectivity index (χ1) is 10.6. The molecule has 2 rings (SSSR count). The number of hydrogen-bond acceptors (Lipinski definition) is 4. The Morgan fingerprint density at radius 1 is 1.39 bits per heavy atom. The number of pyridine rings is 1.